The maximum absolute atomic E-state index is 6.84. The fourth-order valence-electron chi connectivity index (χ4n) is 4.68. The van der Waals surface area contributed by atoms with Crippen molar-refractivity contribution in [3.8, 4) is 28.7 Å². The highest BCUT2D eigenvalue weighted by Crippen LogP contribution is 2.79. The lowest BCUT2D eigenvalue weighted by molar-refractivity contribution is 0.258. The van der Waals surface area contributed by atoms with Gasteiger partial charge in [-0.05, 0) is 81.4 Å². The molecule has 5 aromatic carbocycles. The van der Waals surface area contributed by atoms with Crippen molar-refractivity contribution in [2.45, 2.75) is 20.8 Å². The maximum Gasteiger partial charge on any atom is 0.460 e. The van der Waals surface area contributed by atoms with Crippen LogP contribution >= 0.6 is 30.6 Å². The summed E-state index contributed by atoms with van der Waals surface area (Å²) in [5.41, 5.74) is 0. The molecule has 1 unspecified atom stereocenters. The Labute approximate surface area is 305 Å². The molecule has 0 N–H and O–H groups in total. The lowest BCUT2D eigenvalue weighted by Crippen LogP contribution is -2.09. The molecule has 5 aromatic rings. The first-order valence-electron chi connectivity index (χ1n) is 16.6. The zero-order valence-electron chi connectivity index (χ0n) is 28.9. The van der Waals surface area contributed by atoms with E-state index in [1.807, 2.05) is 112 Å². The van der Waals surface area contributed by atoms with E-state index in [0.717, 1.165) is 0 Å². The third-order valence-electron chi connectivity index (χ3n) is 6.63. The van der Waals surface area contributed by atoms with E-state index in [4.69, 9.17) is 54.3 Å². The smallest absolute Gasteiger partial charge is 0.422 e. The Morgan fingerprint density at radius 1 is 0.308 bits per heavy atom. The predicted molar refractivity (Wildman–Crippen MR) is 208 cm³/mol. The van der Waals surface area contributed by atoms with Gasteiger partial charge in [0.1, 0.15) is 28.7 Å². The number of benzene rings is 5. The molecule has 0 radical (unpaired) electrons. The Bertz CT molecular complexity index is 2010. The second kappa shape index (κ2) is 17.6. The van der Waals surface area contributed by atoms with Crippen molar-refractivity contribution in [1.29, 1.82) is 0 Å². The zero-order valence-corrected chi connectivity index (χ0v) is 32.5. The molecular weight excluding hydrogens is 740 g/mol. The summed E-state index contributed by atoms with van der Waals surface area (Å²) in [6, 6.07) is 45.5. The van der Waals surface area contributed by atoms with Gasteiger partial charge in [-0.25, -0.2) is 0 Å². The highest BCUT2D eigenvalue weighted by Gasteiger charge is 2.47. The molecule has 52 heavy (non-hydrogen) atoms. The van der Waals surface area contributed by atoms with Crippen LogP contribution in [0.3, 0.4) is 0 Å². The number of nitrogens with zero attached hydrogens (tertiary/aromatic N) is 4. The Kier molecular flexibility index (Phi) is 12.8. The summed E-state index contributed by atoms with van der Waals surface area (Å²) in [5, 5.41) is 0. The van der Waals surface area contributed by atoms with E-state index in [2.05, 4.69) is 0 Å². The molecule has 1 aliphatic heterocycles. The van der Waals surface area contributed by atoms with E-state index in [9.17, 15) is 0 Å². The molecule has 6 rings (SSSR count). The van der Waals surface area contributed by atoms with Crippen LogP contribution in [0, 0.1) is 0 Å². The van der Waals surface area contributed by atoms with Crippen molar-refractivity contribution in [2.24, 2.45) is 18.1 Å². The summed E-state index contributed by atoms with van der Waals surface area (Å²) in [5.74, 6) is 2.07. The molecule has 0 aliphatic carbocycles. The van der Waals surface area contributed by atoms with Gasteiger partial charge in [-0.3, -0.25) is 4.52 Å². The van der Waals surface area contributed by atoms with Gasteiger partial charge in [-0.1, -0.05) is 95.5 Å². The summed E-state index contributed by atoms with van der Waals surface area (Å²) in [6.45, 7) is 5.93. The third kappa shape index (κ3) is 9.86. The van der Waals surface area contributed by atoms with Crippen LogP contribution in [0.4, 0.5) is 0 Å². The van der Waals surface area contributed by atoms with Crippen LogP contribution in [0.15, 0.2) is 170 Å². The van der Waals surface area contributed by atoms with Gasteiger partial charge in [0.25, 0.3) is 0 Å². The molecule has 0 fully saturated rings. The minimum Gasteiger partial charge on any atom is -0.422 e. The maximum atomic E-state index is 6.84. The number of hydrogen-bond donors (Lipinski definition) is 0. The molecule has 0 aromatic heterocycles. The fraction of sp³-hybridized carbons (Fsp3) is 0.167. The lowest BCUT2D eigenvalue weighted by Gasteiger charge is -2.32. The number of para-hydroxylation sites is 5. The van der Waals surface area contributed by atoms with Crippen LogP contribution in [0.2, 0.25) is 0 Å². The molecule has 0 bridgehead atoms. The summed E-state index contributed by atoms with van der Waals surface area (Å²) < 4.78 is 74.4. The Morgan fingerprint density at radius 2 is 0.519 bits per heavy atom. The molecule has 16 heteroatoms. The van der Waals surface area contributed by atoms with E-state index < -0.39 is 30.6 Å². The second-order valence-electron chi connectivity index (χ2n) is 10.6. The quantitative estimate of drug-likeness (QED) is 0.0907. The van der Waals surface area contributed by atoms with E-state index >= 15 is 0 Å². The first kappa shape index (κ1) is 37.7. The van der Waals surface area contributed by atoms with Gasteiger partial charge in [0.2, 0.25) is 0 Å². The first-order valence-corrected chi connectivity index (χ1v) is 22.7. The Morgan fingerprint density at radius 3 is 0.808 bits per heavy atom. The third-order valence-corrected chi connectivity index (χ3v) is 17.9. The van der Waals surface area contributed by atoms with E-state index in [1.54, 1.807) is 60.7 Å². The van der Waals surface area contributed by atoms with Crippen molar-refractivity contribution in [1.82, 2.24) is 0 Å². The van der Waals surface area contributed by atoms with Crippen LogP contribution in [0.5, 0.6) is 28.7 Å². The summed E-state index contributed by atoms with van der Waals surface area (Å²) in [4.78, 5) is 0. The van der Waals surface area contributed by atoms with Crippen molar-refractivity contribution < 1.29 is 36.2 Å². The fourth-order valence-corrected chi connectivity index (χ4v) is 17.0. The molecule has 0 saturated carbocycles. The van der Waals surface area contributed by atoms with Crippen molar-refractivity contribution in [2.75, 3.05) is 19.8 Å². The van der Waals surface area contributed by atoms with E-state index in [-0.39, 0.29) is 19.8 Å². The average molecular weight is 781 g/mol. The Hall–Kier alpha value is -4.10. The molecule has 0 spiro atoms. The van der Waals surface area contributed by atoms with Gasteiger partial charge in [0, 0.05) is 0 Å². The molecule has 1 aliphatic rings. The molecule has 0 amide bonds. The van der Waals surface area contributed by atoms with Gasteiger partial charge in [0.05, 0.1) is 19.8 Å². The van der Waals surface area contributed by atoms with Crippen LogP contribution < -0.4 is 22.6 Å². The second-order valence-corrected chi connectivity index (χ2v) is 19.1. The highest BCUT2D eigenvalue weighted by atomic mass is 31.3. The lowest BCUT2D eigenvalue weighted by atomic mass is 10.3. The van der Waals surface area contributed by atoms with E-state index in [0.29, 0.717) is 28.7 Å². The molecule has 1 heterocycles. The van der Waals surface area contributed by atoms with Crippen LogP contribution in [-0.4, -0.2) is 19.8 Å². The SMILES string of the molecule is CCOP1(OCC)=NP(Oc2ccccc2)(Oc2ccccc2)=NP(Oc2ccccc2)(Oc2ccccc2)=NP(OCC)(Oc2ccccc2)=N1. The first-order chi connectivity index (χ1) is 25.4. The van der Waals surface area contributed by atoms with Gasteiger partial charge in [0.15, 0.2) is 0 Å². The molecule has 272 valence electrons. The molecule has 12 nitrogen and oxygen atoms in total. The molecule has 1 atom stereocenters. The zero-order chi connectivity index (χ0) is 36.2. The largest absolute Gasteiger partial charge is 0.460 e. The molecule has 0 saturated heterocycles. The topological polar surface area (TPSA) is 123 Å². The van der Waals surface area contributed by atoms with Crippen LogP contribution in [-0.2, 0) is 13.6 Å². The number of hydrogen-bond acceptors (Lipinski definition) is 12. The minimum atomic E-state index is -4.12. The summed E-state index contributed by atoms with van der Waals surface area (Å²) in [6.07, 6.45) is 0. The standard InChI is InChI=1S/C36H40N4O8P4/c1-4-41-49(42-5-2)37-50(43-6-3,44-32-22-12-7-13-23-32)39-52(47-35-28-18-10-19-29-35,48-36-30-20-11-21-31-36)40-51(38-49,45-33-24-14-8-15-25-33)46-34-26-16-9-17-27-34/h7-31H,4-6H2,1-3H3. The average Bonchev–Trinajstić information content (AvgIpc) is 3.13. The van der Waals surface area contributed by atoms with Crippen molar-refractivity contribution >= 4 is 30.6 Å². The summed E-state index contributed by atoms with van der Waals surface area (Å²) in [7, 11) is -15.9. The highest BCUT2D eigenvalue weighted by molar-refractivity contribution is 7.79. The van der Waals surface area contributed by atoms with Crippen molar-refractivity contribution in [3.05, 3.63) is 152 Å². The minimum absolute atomic E-state index is 0.143. The summed E-state index contributed by atoms with van der Waals surface area (Å²) >= 11 is 0. The monoisotopic (exact) mass is 780 g/mol. The Balaban J connectivity index is 1.78. The van der Waals surface area contributed by atoms with Gasteiger partial charge in [-0.15, -0.1) is 13.5 Å². The molecular formula is C36H40N4O8P4. The van der Waals surface area contributed by atoms with Crippen LogP contribution in [0.1, 0.15) is 20.8 Å². The number of rotatable bonds is 16. The van der Waals surface area contributed by atoms with Gasteiger partial charge >= 0.3 is 30.6 Å². The predicted octanol–water partition coefficient (Wildman–Crippen LogP) is 13.3. The van der Waals surface area contributed by atoms with Gasteiger partial charge in [-0.2, -0.15) is 0 Å². The normalized spacial score (nSPS) is 18.4. The van der Waals surface area contributed by atoms with Crippen molar-refractivity contribution in [3.63, 3.8) is 0 Å². The van der Waals surface area contributed by atoms with E-state index in [1.165, 1.54) is 0 Å². The van der Waals surface area contributed by atoms with Gasteiger partial charge < -0.3 is 31.7 Å². The van der Waals surface area contributed by atoms with Crippen LogP contribution in [0.25, 0.3) is 0 Å².